The lowest BCUT2D eigenvalue weighted by Gasteiger charge is -2.06. The number of benzene rings is 2. The SMILES string of the molecule is Cc1nc2ccccc2c(=O)n1/N=C/c1c(C(F)(F)F)nn(-c2ccccc2)c1O. The summed E-state index contributed by atoms with van der Waals surface area (Å²) in [6.07, 6.45) is -4.09. The summed E-state index contributed by atoms with van der Waals surface area (Å²) in [7, 11) is 0. The third kappa shape index (κ3) is 3.32. The van der Waals surface area contributed by atoms with Crippen molar-refractivity contribution in [1.82, 2.24) is 19.4 Å². The van der Waals surface area contributed by atoms with Gasteiger partial charge in [0.1, 0.15) is 5.82 Å². The molecule has 0 aliphatic rings. The number of aryl methyl sites for hydroxylation is 1. The Morgan fingerprint density at radius 1 is 1.07 bits per heavy atom. The van der Waals surface area contributed by atoms with Crippen LogP contribution in [0.1, 0.15) is 17.1 Å². The maximum absolute atomic E-state index is 13.5. The van der Waals surface area contributed by atoms with E-state index < -0.39 is 28.9 Å². The van der Waals surface area contributed by atoms with Gasteiger partial charge in [-0.25, -0.2) is 9.67 Å². The van der Waals surface area contributed by atoms with Crippen LogP contribution in [-0.4, -0.2) is 30.8 Å². The molecule has 0 aliphatic carbocycles. The van der Waals surface area contributed by atoms with Crippen molar-refractivity contribution in [2.75, 3.05) is 0 Å². The Bertz CT molecular complexity index is 1320. The fraction of sp³-hybridized carbons (Fsp3) is 0.100. The number of para-hydroxylation sites is 2. The van der Waals surface area contributed by atoms with Gasteiger partial charge in [0.15, 0.2) is 5.69 Å². The highest BCUT2D eigenvalue weighted by atomic mass is 19.4. The van der Waals surface area contributed by atoms with E-state index in [-0.39, 0.29) is 16.9 Å². The van der Waals surface area contributed by atoms with Crippen LogP contribution in [0.25, 0.3) is 16.6 Å². The number of halogens is 3. The van der Waals surface area contributed by atoms with Crippen LogP contribution in [0.2, 0.25) is 0 Å². The lowest BCUT2D eigenvalue weighted by Crippen LogP contribution is -2.20. The van der Waals surface area contributed by atoms with Gasteiger partial charge in [0.2, 0.25) is 5.88 Å². The lowest BCUT2D eigenvalue weighted by atomic mass is 10.2. The molecule has 0 bridgehead atoms. The molecule has 30 heavy (non-hydrogen) atoms. The summed E-state index contributed by atoms with van der Waals surface area (Å²) in [5, 5.41) is 18.1. The third-order valence-electron chi connectivity index (χ3n) is 4.38. The van der Waals surface area contributed by atoms with E-state index in [1.807, 2.05) is 0 Å². The second-order valence-electron chi connectivity index (χ2n) is 6.37. The maximum Gasteiger partial charge on any atom is 0.435 e. The third-order valence-corrected chi connectivity index (χ3v) is 4.38. The number of aromatic nitrogens is 4. The van der Waals surface area contributed by atoms with Crippen LogP contribution in [-0.2, 0) is 6.18 Å². The van der Waals surface area contributed by atoms with Crippen molar-refractivity contribution in [2.24, 2.45) is 5.10 Å². The van der Waals surface area contributed by atoms with Crippen molar-refractivity contribution in [3.05, 3.63) is 82.0 Å². The average Bonchev–Trinajstić information content (AvgIpc) is 3.05. The first-order valence-electron chi connectivity index (χ1n) is 8.74. The Kier molecular flexibility index (Phi) is 4.61. The molecule has 2 aromatic carbocycles. The van der Waals surface area contributed by atoms with Gasteiger partial charge in [-0.2, -0.15) is 28.0 Å². The molecule has 0 saturated heterocycles. The van der Waals surface area contributed by atoms with E-state index in [1.54, 1.807) is 42.5 Å². The molecule has 0 spiro atoms. The van der Waals surface area contributed by atoms with E-state index in [4.69, 9.17) is 0 Å². The Balaban J connectivity index is 1.88. The summed E-state index contributed by atoms with van der Waals surface area (Å²) in [5.41, 5.74) is -1.85. The van der Waals surface area contributed by atoms with Gasteiger partial charge in [-0.3, -0.25) is 4.79 Å². The number of nitrogens with zero attached hydrogens (tertiary/aromatic N) is 5. The van der Waals surface area contributed by atoms with E-state index >= 15 is 0 Å². The highest BCUT2D eigenvalue weighted by molar-refractivity contribution is 5.85. The van der Waals surface area contributed by atoms with Gasteiger partial charge in [-0.15, -0.1) is 0 Å². The monoisotopic (exact) mass is 413 g/mol. The first-order chi connectivity index (χ1) is 14.3. The predicted molar refractivity (Wildman–Crippen MR) is 104 cm³/mol. The van der Waals surface area contributed by atoms with E-state index in [9.17, 15) is 23.1 Å². The molecule has 2 heterocycles. The fourth-order valence-corrected chi connectivity index (χ4v) is 2.98. The van der Waals surface area contributed by atoms with Crippen molar-refractivity contribution < 1.29 is 18.3 Å². The van der Waals surface area contributed by atoms with E-state index in [0.29, 0.717) is 5.52 Å². The van der Waals surface area contributed by atoms with E-state index in [2.05, 4.69) is 15.2 Å². The molecule has 4 rings (SSSR count). The summed E-state index contributed by atoms with van der Waals surface area (Å²) in [5.74, 6) is -0.574. The van der Waals surface area contributed by atoms with Crippen LogP contribution in [0.4, 0.5) is 13.2 Å². The summed E-state index contributed by atoms with van der Waals surface area (Å²) in [6, 6.07) is 14.4. The molecule has 4 aromatic rings. The average molecular weight is 413 g/mol. The molecule has 0 atom stereocenters. The number of alkyl halides is 3. The van der Waals surface area contributed by atoms with Crippen LogP contribution in [0.15, 0.2) is 64.5 Å². The van der Waals surface area contributed by atoms with Crippen molar-refractivity contribution in [3.63, 3.8) is 0 Å². The van der Waals surface area contributed by atoms with Crippen molar-refractivity contribution in [3.8, 4) is 11.6 Å². The highest BCUT2D eigenvalue weighted by Crippen LogP contribution is 2.35. The number of aromatic hydroxyl groups is 1. The van der Waals surface area contributed by atoms with Crippen LogP contribution in [0.5, 0.6) is 5.88 Å². The van der Waals surface area contributed by atoms with Crippen molar-refractivity contribution >= 4 is 17.1 Å². The van der Waals surface area contributed by atoms with Gasteiger partial charge < -0.3 is 5.11 Å². The molecule has 2 aromatic heterocycles. The van der Waals surface area contributed by atoms with Gasteiger partial charge in [-0.05, 0) is 31.2 Å². The summed E-state index contributed by atoms with van der Waals surface area (Å²) >= 11 is 0. The quantitative estimate of drug-likeness (QED) is 0.521. The predicted octanol–water partition coefficient (Wildman–Crippen LogP) is 3.50. The number of hydrogen-bond acceptors (Lipinski definition) is 5. The minimum absolute atomic E-state index is 0.179. The molecule has 152 valence electrons. The maximum atomic E-state index is 13.5. The van der Waals surface area contributed by atoms with Crippen LogP contribution in [0, 0.1) is 6.92 Å². The van der Waals surface area contributed by atoms with Gasteiger partial charge in [0.25, 0.3) is 5.56 Å². The molecule has 0 fully saturated rings. The van der Waals surface area contributed by atoms with Gasteiger partial charge in [0.05, 0.1) is 28.4 Å². The Morgan fingerprint density at radius 3 is 2.43 bits per heavy atom. The molecular weight excluding hydrogens is 399 g/mol. The van der Waals surface area contributed by atoms with Gasteiger partial charge >= 0.3 is 6.18 Å². The molecule has 0 saturated carbocycles. The first kappa shape index (κ1) is 19.4. The molecule has 7 nitrogen and oxygen atoms in total. The van der Waals surface area contributed by atoms with Gasteiger partial charge in [0, 0.05) is 0 Å². The summed E-state index contributed by atoms with van der Waals surface area (Å²) in [4.78, 5) is 16.9. The Morgan fingerprint density at radius 2 is 1.73 bits per heavy atom. The smallest absolute Gasteiger partial charge is 0.435 e. The zero-order valence-electron chi connectivity index (χ0n) is 15.5. The van der Waals surface area contributed by atoms with Crippen molar-refractivity contribution in [1.29, 1.82) is 0 Å². The fourth-order valence-electron chi connectivity index (χ4n) is 2.98. The molecule has 10 heteroatoms. The zero-order valence-corrected chi connectivity index (χ0v) is 15.5. The normalized spacial score (nSPS) is 12.1. The van der Waals surface area contributed by atoms with Crippen LogP contribution >= 0.6 is 0 Å². The van der Waals surface area contributed by atoms with E-state index in [1.165, 1.54) is 19.1 Å². The first-order valence-corrected chi connectivity index (χ1v) is 8.74. The number of rotatable bonds is 3. The largest absolute Gasteiger partial charge is 0.493 e. The highest BCUT2D eigenvalue weighted by Gasteiger charge is 2.39. The molecular formula is C20H14F3N5O2. The molecule has 1 N–H and O–H groups in total. The Hall–Kier alpha value is -3.95. The minimum Gasteiger partial charge on any atom is -0.493 e. The molecule has 0 radical (unpaired) electrons. The van der Waals surface area contributed by atoms with Crippen molar-refractivity contribution in [2.45, 2.75) is 13.1 Å². The van der Waals surface area contributed by atoms with Gasteiger partial charge in [-0.1, -0.05) is 30.3 Å². The lowest BCUT2D eigenvalue weighted by molar-refractivity contribution is -0.141. The molecule has 0 amide bonds. The van der Waals surface area contributed by atoms with Crippen LogP contribution < -0.4 is 5.56 Å². The minimum atomic E-state index is -4.85. The molecule has 0 aliphatic heterocycles. The zero-order chi connectivity index (χ0) is 21.5. The van der Waals surface area contributed by atoms with E-state index in [0.717, 1.165) is 15.6 Å². The summed E-state index contributed by atoms with van der Waals surface area (Å²) in [6.45, 7) is 1.50. The molecule has 0 unspecified atom stereocenters. The van der Waals surface area contributed by atoms with Crippen LogP contribution in [0.3, 0.4) is 0 Å². The summed E-state index contributed by atoms with van der Waals surface area (Å²) < 4.78 is 42.2. The Labute approximate surface area is 167 Å². The standard InChI is InChI=1S/C20H14F3N5O2/c1-12-25-16-10-6-5-9-14(16)18(29)27(12)24-11-15-17(20(21,22)23)26-28(19(15)30)13-7-3-2-4-8-13/h2-11,30H,1H3/b24-11+. The number of fused-ring (bicyclic) bond motifs is 1. The number of hydrogen-bond donors (Lipinski definition) is 1. The topological polar surface area (TPSA) is 85.3 Å². The second-order valence-corrected chi connectivity index (χ2v) is 6.37. The second kappa shape index (κ2) is 7.14.